The van der Waals surface area contributed by atoms with Crippen LogP contribution >= 0.6 is 0 Å². The summed E-state index contributed by atoms with van der Waals surface area (Å²) in [5, 5.41) is 3.11. The first-order chi connectivity index (χ1) is 17.1. The summed E-state index contributed by atoms with van der Waals surface area (Å²) in [7, 11) is 1.62. The van der Waals surface area contributed by atoms with E-state index in [1.165, 1.54) is 5.56 Å². The number of aryl methyl sites for hydroxylation is 2. The molecule has 0 aliphatic rings. The number of nitrogens with one attached hydrogen (secondary N) is 1. The van der Waals surface area contributed by atoms with E-state index in [1.54, 1.807) is 12.0 Å². The zero-order valence-electron chi connectivity index (χ0n) is 22.3. The number of carbonyl (C=O) groups is 2. The fourth-order valence-corrected chi connectivity index (χ4v) is 4.16. The second-order valence-corrected chi connectivity index (χ2v) is 10.4. The van der Waals surface area contributed by atoms with Gasteiger partial charge in [-0.25, -0.2) is 0 Å². The molecule has 0 unspecified atom stereocenters. The van der Waals surface area contributed by atoms with Crippen LogP contribution in [0.15, 0.2) is 72.8 Å². The van der Waals surface area contributed by atoms with Gasteiger partial charge in [-0.05, 0) is 74.6 Å². The van der Waals surface area contributed by atoms with Crippen LogP contribution in [0.1, 0.15) is 48.6 Å². The van der Waals surface area contributed by atoms with Crippen LogP contribution in [0, 0.1) is 13.8 Å². The summed E-state index contributed by atoms with van der Waals surface area (Å²) in [5.74, 6) is 0.460. The maximum Gasteiger partial charge on any atom is 0.243 e. The van der Waals surface area contributed by atoms with Gasteiger partial charge in [-0.1, -0.05) is 60.7 Å². The SMILES string of the molecule is COc1cccc(CN(C(=O)Cc2ccc(C)c(C)c2)[C@@H](Cc2ccccc2)C(=O)NC(C)(C)C)c1. The lowest BCUT2D eigenvalue weighted by Gasteiger charge is -2.34. The number of ether oxygens (including phenoxy) is 1. The highest BCUT2D eigenvalue weighted by Crippen LogP contribution is 2.20. The molecule has 0 aromatic heterocycles. The lowest BCUT2D eigenvalue weighted by molar-refractivity contribution is -0.141. The van der Waals surface area contributed by atoms with Crippen molar-refractivity contribution in [3.8, 4) is 5.75 Å². The summed E-state index contributed by atoms with van der Waals surface area (Å²) in [6.07, 6.45) is 0.643. The molecule has 0 saturated heterocycles. The minimum Gasteiger partial charge on any atom is -0.497 e. The Morgan fingerprint density at radius 1 is 0.861 bits per heavy atom. The number of benzene rings is 3. The van der Waals surface area contributed by atoms with Crippen molar-refractivity contribution in [3.05, 3.63) is 101 Å². The third kappa shape index (κ3) is 7.70. The number of rotatable bonds is 9. The van der Waals surface area contributed by atoms with E-state index in [0.717, 1.165) is 22.3 Å². The Balaban J connectivity index is 2.01. The Morgan fingerprint density at radius 3 is 2.19 bits per heavy atom. The number of carbonyl (C=O) groups excluding carboxylic acids is 2. The van der Waals surface area contributed by atoms with Gasteiger partial charge in [0.1, 0.15) is 11.8 Å². The van der Waals surface area contributed by atoms with Gasteiger partial charge in [-0.15, -0.1) is 0 Å². The summed E-state index contributed by atoms with van der Waals surface area (Å²) < 4.78 is 5.40. The molecule has 0 saturated carbocycles. The molecular weight excluding hydrogens is 448 g/mol. The van der Waals surface area contributed by atoms with Crippen LogP contribution in [0.25, 0.3) is 0 Å². The molecule has 0 spiro atoms. The zero-order valence-corrected chi connectivity index (χ0v) is 22.3. The fourth-order valence-electron chi connectivity index (χ4n) is 4.16. The lowest BCUT2D eigenvalue weighted by Crippen LogP contribution is -2.54. The number of nitrogens with zero attached hydrogens (tertiary/aromatic N) is 1. The van der Waals surface area contributed by atoms with Gasteiger partial charge < -0.3 is 15.0 Å². The first kappa shape index (κ1) is 27.0. The van der Waals surface area contributed by atoms with Crippen LogP contribution in [0.5, 0.6) is 5.75 Å². The van der Waals surface area contributed by atoms with E-state index in [0.29, 0.717) is 18.7 Å². The topological polar surface area (TPSA) is 58.6 Å². The second kappa shape index (κ2) is 11.9. The highest BCUT2D eigenvalue weighted by Gasteiger charge is 2.32. The van der Waals surface area contributed by atoms with Gasteiger partial charge in [0.2, 0.25) is 11.8 Å². The normalized spacial score (nSPS) is 12.1. The Bertz CT molecular complexity index is 1180. The lowest BCUT2D eigenvalue weighted by atomic mass is 9.99. The van der Waals surface area contributed by atoms with Gasteiger partial charge in [0, 0.05) is 18.5 Å². The van der Waals surface area contributed by atoms with Crippen molar-refractivity contribution in [3.63, 3.8) is 0 Å². The Hall–Kier alpha value is -3.60. The molecule has 0 bridgehead atoms. The highest BCUT2D eigenvalue weighted by atomic mass is 16.5. The van der Waals surface area contributed by atoms with Crippen LogP contribution in [0.4, 0.5) is 0 Å². The molecule has 0 radical (unpaired) electrons. The fraction of sp³-hybridized carbons (Fsp3) is 0.355. The molecule has 1 atom stereocenters. The average molecular weight is 487 g/mol. The maximum absolute atomic E-state index is 13.9. The predicted octanol–water partition coefficient (Wildman–Crippen LogP) is 5.41. The van der Waals surface area contributed by atoms with Gasteiger partial charge in [-0.3, -0.25) is 9.59 Å². The minimum atomic E-state index is -0.670. The molecule has 3 aromatic rings. The van der Waals surface area contributed by atoms with Gasteiger partial charge >= 0.3 is 0 Å². The molecule has 0 aliphatic carbocycles. The van der Waals surface area contributed by atoms with Crippen molar-refractivity contribution in [2.45, 2.75) is 65.6 Å². The summed E-state index contributed by atoms with van der Waals surface area (Å²) in [6.45, 7) is 10.3. The smallest absolute Gasteiger partial charge is 0.243 e. The average Bonchev–Trinajstić information content (AvgIpc) is 2.83. The number of hydrogen-bond acceptors (Lipinski definition) is 3. The van der Waals surface area contributed by atoms with Crippen LogP contribution in [-0.4, -0.2) is 35.4 Å². The summed E-state index contributed by atoms with van der Waals surface area (Å²) in [4.78, 5) is 29.2. The van der Waals surface area contributed by atoms with Crippen molar-refractivity contribution >= 4 is 11.8 Å². The quantitative estimate of drug-likeness (QED) is 0.440. The molecule has 0 aliphatic heterocycles. The molecule has 2 amide bonds. The summed E-state index contributed by atoms with van der Waals surface area (Å²) >= 11 is 0. The van der Waals surface area contributed by atoms with E-state index < -0.39 is 11.6 Å². The van der Waals surface area contributed by atoms with Crippen LogP contribution < -0.4 is 10.1 Å². The highest BCUT2D eigenvalue weighted by molar-refractivity contribution is 5.89. The van der Waals surface area contributed by atoms with Crippen molar-refractivity contribution in [2.75, 3.05) is 7.11 Å². The van der Waals surface area contributed by atoms with Crippen molar-refractivity contribution in [1.82, 2.24) is 10.2 Å². The molecule has 5 heteroatoms. The van der Waals surface area contributed by atoms with Crippen LogP contribution in [0.3, 0.4) is 0 Å². The third-order valence-electron chi connectivity index (χ3n) is 6.18. The summed E-state index contributed by atoms with van der Waals surface area (Å²) in [5.41, 5.74) is 4.75. The van der Waals surface area contributed by atoms with Crippen molar-refractivity contribution in [1.29, 1.82) is 0 Å². The Morgan fingerprint density at radius 2 is 1.56 bits per heavy atom. The van der Waals surface area contributed by atoms with Gasteiger partial charge in [-0.2, -0.15) is 0 Å². The van der Waals surface area contributed by atoms with Gasteiger partial charge in [0.15, 0.2) is 0 Å². The minimum absolute atomic E-state index is 0.0916. The molecule has 3 aromatic carbocycles. The molecule has 0 heterocycles. The monoisotopic (exact) mass is 486 g/mol. The van der Waals surface area contributed by atoms with Gasteiger partial charge in [0.05, 0.1) is 13.5 Å². The number of hydrogen-bond donors (Lipinski definition) is 1. The largest absolute Gasteiger partial charge is 0.497 e. The van der Waals surface area contributed by atoms with E-state index in [-0.39, 0.29) is 18.2 Å². The first-order valence-electron chi connectivity index (χ1n) is 12.4. The molecule has 36 heavy (non-hydrogen) atoms. The predicted molar refractivity (Wildman–Crippen MR) is 145 cm³/mol. The van der Waals surface area contributed by atoms with E-state index in [1.807, 2.05) is 94.4 Å². The summed E-state index contributed by atoms with van der Waals surface area (Å²) in [6, 6.07) is 22.9. The molecule has 1 N–H and O–H groups in total. The molecule has 0 fully saturated rings. The maximum atomic E-state index is 13.9. The van der Waals surface area contributed by atoms with Crippen molar-refractivity contribution < 1.29 is 14.3 Å². The Kier molecular flexibility index (Phi) is 8.92. The Labute approximate surface area is 215 Å². The first-order valence-corrected chi connectivity index (χ1v) is 12.4. The van der Waals surface area contributed by atoms with E-state index in [2.05, 4.69) is 18.3 Å². The number of amides is 2. The van der Waals surface area contributed by atoms with E-state index in [9.17, 15) is 9.59 Å². The molecule has 190 valence electrons. The van der Waals surface area contributed by atoms with E-state index >= 15 is 0 Å². The number of methoxy groups -OCH3 is 1. The van der Waals surface area contributed by atoms with Crippen molar-refractivity contribution in [2.24, 2.45) is 0 Å². The van der Waals surface area contributed by atoms with Crippen LogP contribution in [-0.2, 0) is 29.0 Å². The molecular formula is C31H38N2O3. The second-order valence-electron chi connectivity index (χ2n) is 10.4. The molecule has 3 rings (SSSR count). The standard InChI is InChI=1S/C31H38N2O3/c1-22-15-16-25(17-23(22)2)20-29(34)33(21-26-13-10-14-27(18-26)36-6)28(30(35)32-31(3,4)5)19-24-11-8-7-9-12-24/h7-18,28H,19-21H2,1-6H3,(H,32,35)/t28-/m0/s1. The van der Waals surface area contributed by atoms with Crippen LogP contribution in [0.2, 0.25) is 0 Å². The molecule has 5 nitrogen and oxygen atoms in total. The van der Waals surface area contributed by atoms with Gasteiger partial charge in [0.25, 0.3) is 0 Å². The zero-order chi connectivity index (χ0) is 26.3. The third-order valence-corrected chi connectivity index (χ3v) is 6.18. The van der Waals surface area contributed by atoms with E-state index in [4.69, 9.17) is 4.74 Å².